The normalized spacial score (nSPS) is 10.8. The van der Waals surface area contributed by atoms with E-state index in [0.29, 0.717) is 6.42 Å². The number of H-pyrrole nitrogens is 1. The van der Waals surface area contributed by atoms with Gasteiger partial charge in [-0.15, -0.1) is 0 Å². The van der Waals surface area contributed by atoms with Crippen molar-refractivity contribution in [3.8, 4) is 0 Å². The van der Waals surface area contributed by atoms with E-state index in [1.54, 1.807) is 0 Å². The van der Waals surface area contributed by atoms with Crippen molar-refractivity contribution in [1.29, 1.82) is 0 Å². The number of halogens is 2. The predicted molar refractivity (Wildman–Crippen MR) is 69.7 cm³/mol. The second-order valence-electron chi connectivity index (χ2n) is 4.28. The number of hydrogen-bond donors (Lipinski definition) is 1. The maximum absolute atomic E-state index is 13.2. The fourth-order valence-electron chi connectivity index (χ4n) is 1.77. The van der Waals surface area contributed by atoms with E-state index >= 15 is 0 Å². The molecule has 0 saturated carbocycles. The molecular formula is C12H18ClFN2O2. The molecule has 6 heteroatoms. The van der Waals surface area contributed by atoms with E-state index in [1.165, 1.54) is 12.8 Å². The van der Waals surface area contributed by atoms with E-state index in [1.807, 2.05) is 0 Å². The van der Waals surface area contributed by atoms with Crippen LogP contribution in [-0.2, 0) is 6.54 Å². The van der Waals surface area contributed by atoms with Crippen LogP contribution < -0.4 is 11.2 Å². The van der Waals surface area contributed by atoms with Crippen molar-refractivity contribution in [3.05, 3.63) is 31.8 Å². The second kappa shape index (κ2) is 7.36. The number of hydrogen-bond acceptors (Lipinski definition) is 2. The van der Waals surface area contributed by atoms with Gasteiger partial charge < -0.3 is 0 Å². The molecule has 18 heavy (non-hydrogen) atoms. The van der Waals surface area contributed by atoms with Gasteiger partial charge in [-0.3, -0.25) is 14.3 Å². The highest BCUT2D eigenvalue weighted by Gasteiger charge is 2.11. The first-order chi connectivity index (χ1) is 8.57. The predicted octanol–water partition coefficient (Wildman–Crippen LogP) is 2.69. The zero-order valence-electron chi connectivity index (χ0n) is 10.5. The Labute approximate surface area is 110 Å². The molecule has 0 unspecified atom stereocenters. The molecule has 0 aliphatic carbocycles. The lowest BCUT2D eigenvalue weighted by Crippen LogP contribution is -2.37. The summed E-state index contributed by atoms with van der Waals surface area (Å²) in [6.07, 6.45) is 6.19. The SMILES string of the molecule is CCCCCCCCn1c(=O)[nH]c(Cl)c(F)c1=O. The topological polar surface area (TPSA) is 54.9 Å². The van der Waals surface area contributed by atoms with E-state index in [2.05, 4.69) is 11.9 Å². The summed E-state index contributed by atoms with van der Waals surface area (Å²) >= 11 is 5.37. The summed E-state index contributed by atoms with van der Waals surface area (Å²) in [4.78, 5) is 25.0. The summed E-state index contributed by atoms with van der Waals surface area (Å²) in [5.41, 5.74) is -1.60. The van der Waals surface area contributed by atoms with Gasteiger partial charge in [0.1, 0.15) is 0 Å². The Balaban J connectivity index is 2.56. The third-order valence-corrected chi connectivity index (χ3v) is 3.08. The Bertz CT molecular complexity index is 496. The molecule has 0 amide bonds. The molecule has 0 saturated heterocycles. The molecular weight excluding hydrogens is 259 g/mol. The maximum Gasteiger partial charge on any atom is 0.329 e. The van der Waals surface area contributed by atoms with Crippen LogP contribution in [0.1, 0.15) is 45.4 Å². The van der Waals surface area contributed by atoms with Gasteiger partial charge in [0.05, 0.1) is 0 Å². The van der Waals surface area contributed by atoms with Gasteiger partial charge in [0.25, 0.3) is 5.56 Å². The summed E-state index contributed by atoms with van der Waals surface area (Å²) < 4.78 is 14.1. The quantitative estimate of drug-likeness (QED) is 0.615. The van der Waals surface area contributed by atoms with Crippen molar-refractivity contribution in [2.75, 3.05) is 0 Å². The zero-order valence-corrected chi connectivity index (χ0v) is 11.2. The van der Waals surface area contributed by atoms with Gasteiger partial charge in [0.2, 0.25) is 5.82 Å². The Morgan fingerprint density at radius 1 is 1.17 bits per heavy atom. The minimum atomic E-state index is -1.10. The van der Waals surface area contributed by atoms with Crippen molar-refractivity contribution < 1.29 is 4.39 Å². The third kappa shape index (κ3) is 3.98. The van der Waals surface area contributed by atoms with Gasteiger partial charge >= 0.3 is 5.69 Å². The van der Waals surface area contributed by atoms with Gasteiger partial charge in [-0.25, -0.2) is 4.79 Å². The second-order valence-corrected chi connectivity index (χ2v) is 4.66. The van der Waals surface area contributed by atoms with Crippen molar-refractivity contribution in [3.63, 3.8) is 0 Å². The van der Waals surface area contributed by atoms with Crippen LogP contribution in [0.3, 0.4) is 0 Å². The number of rotatable bonds is 7. The molecule has 0 atom stereocenters. The first-order valence-electron chi connectivity index (χ1n) is 6.26. The molecule has 1 rings (SSSR count). The standard InChI is InChI=1S/C12H18ClFN2O2/c1-2-3-4-5-6-7-8-16-11(17)9(14)10(13)15-12(16)18/h2-8H2,1H3,(H,15,18). The Hall–Kier alpha value is -1.10. The lowest BCUT2D eigenvalue weighted by molar-refractivity contribution is 0.503. The van der Waals surface area contributed by atoms with Crippen LogP contribution in [0.5, 0.6) is 0 Å². The Kier molecular flexibility index (Phi) is 6.12. The summed E-state index contributed by atoms with van der Waals surface area (Å²) in [7, 11) is 0. The van der Waals surface area contributed by atoms with Gasteiger partial charge in [-0.1, -0.05) is 50.6 Å². The summed E-state index contributed by atoms with van der Waals surface area (Å²) in [5, 5.41) is -0.524. The smallest absolute Gasteiger partial charge is 0.295 e. The fraction of sp³-hybridized carbons (Fsp3) is 0.667. The van der Waals surface area contributed by atoms with Crippen molar-refractivity contribution in [1.82, 2.24) is 9.55 Å². The van der Waals surface area contributed by atoms with Crippen molar-refractivity contribution in [2.24, 2.45) is 0 Å². The number of nitrogens with zero attached hydrogens (tertiary/aromatic N) is 1. The molecule has 1 heterocycles. The average molecular weight is 277 g/mol. The van der Waals surface area contributed by atoms with Crippen LogP contribution in [-0.4, -0.2) is 9.55 Å². The van der Waals surface area contributed by atoms with Crippen molar-refractivity contribution >= 4 is 11.6 Å². The van der Waals surface area contributed by atoms with Crippen LogP contribution in [0.2, 0.25) is 5.15 Å². The molecule has 1 aromatic rings. The van der Waals surface area contributed by atoms with E-state index < -0.39 is 22.2 Å². The first-order valence-corrected chi connectivity index (χ1v) is 6.63. The van der Waals surface area contributed by atoms with E-state index in [9.17, 15) is 14.0 Å². The monoisotopic (exact) mass is 276 g/mol. The van der Waals surface area contributed by atoms with Crippen LogP contribution in [0.15, 0.2) is 9.59 Å². The molecule has 0 spiro atoms. The number of aromatic amines is 1. The molecule has 0 aliphatic rings. The highest BCUT2D eigenvalue weighted by Crippen LogP contribution is 2.06. The fourth-order valence-corrected chi connectivity index (χ4v) is 1.94. The molecule has 1 N–H and O–H groups in total. The van der Waals surface area contributed by atoms with Gasteiger partial charge in [0, 0.05) is 6.54 Å². The van der Waals surface area contributed by atoms with E-state index in [-0.39, 0.29) is 6.54 Å². The number of aromatic nitrogens is 2. The molecule has 0 radical (unpaired) electrons. The number of nitrogens with one attached hydrogen (secondary N) is 1. The number of unbranched alkanes of at least 4 members (excludes halogenated alkanes) is 5. The van der Waals surface area contributed by atoms with Crippen LogP contribution in [0.4, 0.5) is 4.39 Å². The highest BCUT2D eigenvalue weighted by molar-refractivity contribution is 6.29. The average Bonchev–Trinajstić information content (AvgIpc) is 2.34. The Morgan fingerprint density at radius 2 is 1.78 bits per heavy atom. The first kappa shape index (κ1) is 15.0. The molecule has 102 valence electrons. The van der Waals surface area contributed by atoms with E-state index in [4.69, 9.17) is 11.6 Å². The maximum atomic E-state index is 13.2. The molecule has 0 fully saturated rings. The lowest BCUT2D eigenvalue weighted by atomic mass is 10.1. The zero-order chi connectivity index (χ0) is 13.5. The molecule has 0 aliphatic heterocycles. The third-order valence-electron chi connectivity index (χ3n) is 2.82. The van der Waals surface area contributed by atoms with Crippen LogP contribution in [0, 0.1) is 5.82 Å². The minimum absolute atomic E-state index is 0.231. The van der Waals surface area contributed by atoms with E-state index in [0.717, 1.165) is 23.8 Å². The van der Waals surface area contributed by atoms with Gasteiger partial charge in [0.15, 0.2) is 5.15 Å². The van der Waals surface area contributed by atoms with Gasteiger partial charge in [-0.05, 0) is 6.42 Å². The molecule has 1 aromatic heterocycles. The van der Waals surface area contributed by atoms with Crippen LogP contribution in [0.25, 0.3) is 0 Å². The lowest BCUT2D eigenvalue weighted by Gasteiger charge is -2.05. The molecule has 0 bridgehead atoms. The summed E-state index contributed by atoms with van der Waals surface area (Å²) in [6, 6.07) is 0. The van der Waals surface area contributed by atoms with Crippen molar-refractivity contribution in [2.45, 2.75) is 52.0 Å². The summed E-state index contributed by atoms with van der Waals surface area (Å²) in [6.45, 7) is 2.37. The molecule has 0 aromatic carbocycles. The highest BCUT2D eigenvalue weighted by atomic mass is 35.5. The summed E-state index contributed by atoms with van der Waals surface area (Å²) in [5.74, 6) is -1.10. The van der Waals surface area contributed by atoms with Gasteiger partial charge in [-0.2, -0.15) is 4.39 Å². The largest absolute Gasteiger partial charge is 0.329 e. The Morgan fingerprint density at radius 3 is 2.44 bits per heavy atom. The van der Waals surface area contributed by atoms with Crippen LogP contribution >= 0.6 is 11.6 Å². The molecule has 4 nitrogen and oxygen atoms in total. The minimum Gasteiger partial charge on any atom is -0.295 e.